The number of aromatic nitrogens is 1. The van der Waals surface area contributed by atoms with E-state index >= 15 is 0 Å². The highest BCUT2D eigenvalue weighted by molar-refractivity contribution is 5.82. The average Bonchev–Trinajstić information content (AvgIpc) is 2.88. The molecular weight excluding hydrogens is 442 g/mol. The fraction of sp³-hybridized carbons (Fsp3) is 0.333. The Morgan fingerprint density at radius 2 is 1.97 bits per heavy atom. The number of nitro benzene ring substituents is 1. The van der Waals surface area contributed by atoms with Crippen LogP contribution in [0.15, 0.2) is 66.9 Å². The molecule has 180 valence electrons. The lowest BCUT2D eigenvalue weighted by Gasteiger charge is -2.49. The normalized spacial score (nSPS) is 19.0. The summed E-state index contributed by atoms with van der Waals surface area (Å²) in [6.07, 6.45) is 2.89. The standard InChI is InChI=1S/C27H29N5O3/c1-19-5-7-22(8-6-19)30-14-15-31-25-10-9-23(32(34)35)16-20(25)17-24(26(31)18-30)27(33)29-13-11-21-4-2-3-12-28-21/h2-10,12,16,24,26H,11,13-15,17-18H2,1H3,(H,29,33). The summed E-state index contributed by atoms with van der Waals surface area (Å²) < 4.78 is 0. The number of anilines is 2. The van der Waals surface area contributed by atoms with Crippen LogP contribution in [0.25, 0.3) is 0 Å². The zero-order chi connectivity index (χ0) is 24.4. The summed E-state index contributed by atoms with van der Waals surface area (Å²) in [6.45, 7) is 4.87. The van der Waals surface area contributed by atoms with Crippen LogP contribution in [0.5, 0.6) is 0 Å². The summed E-state index contributed by atoms with van der Waals surface area (Å²) in [7, 11) is 0. The number of benzene rings is 2. The van der Waals surface area contributed by atoms with Crippen molar-refractivity contribution >= 4 is 23.0 Å². The molecule has 1 fully saturated rings. The third-order valence-electron chi connectivity index (χ3n) is 7.05. The topological polar surface area (TPSA) is 91.6 Å². The summed E-state index contributed by atoms with van der Waals surface area (Å²) >= 11 is 0. The van der Waals surface area contributed by atoms with Crippen molar-refractivity contribution in [3.05, 3.63) is 93.8 Å². The minimum absolute atomic E-state index is 0.0150. The zero-order valence-corrected chi connectivity index (χ0v) is 19.8. The van der Waals surface area contributed by atoms with Gasteiger partial charge in [-0.2, -0.15) is 0 Å². The molecule has 1 aromatic heterocycles. The van der Waals surface area contributed by atoms with E-state index in [1.54, 1.807) is 18.3 Å². The van der Waals surface area contributed by atoms with Gasteiger partial charge in [0, 0.05) is 68.0 Å². The number of fused-ring (bicyclic) bond motifs is 3. The number of nitrogens with one attached hydrogen (secondary N) is 1. The van der Waals surface area contributed by atoms with Crippen molar-refractivity contribution in [2.75, 3.05) is 36.0 Å². The number of aryl methyl sites for hydroxylation is 1. The summed E-state index contributed by atoms with van der Waals surface area (Å²) in [4.78, 5) is 33.4. The number of piperazine rings is 1. The number of non-ortho nitro benzene ring substituents is 1. The van der Waals surface area contributed by atoms with Crippen molar-refractivity contribution in [3.8, 4) is 0 Å². The van der Waals surface area contributed by atoms with Crippen molar-refractivity contribution in [1.29, 1.82) is 0 Å². The smallest absolute Gasteiger partial charge is 0.269 e. The number of rotatable bonds is 6. The van der Waals surface area contributed by atoms with Crippen molar-refractivity contribution in [1.82, 2.24) is 10.3 Å². The van der Waals surface area contributed by atoms with Crippen LogP contribution < -0.4 is 15.1 Å². The minimum atomic E-state index is -0.371. The molecule has 3 heterocycles. The van der Waals surface area contributed by atoms with E-state index in [4.69, 9.17) is 0 Å². The minimum Gasteiger partial charge on any atom is -0.368 e. The molecule has 8 nitrogen and oxygen atoms in total. The SMILES string of the molecule is Cc1ccc(N2CCN3c4ccc([N+](=O)[O-])cc4CC(C(=O)NCCc4ccccn4)C3C2)cc1. The van der Waals surface area contributed by atoms with E-state index in [9.17, 15) is 14.9 Å². The van der Waals surface area contributed by atoms with Gasteiger partial charge in [-0.05, 0) is 49.2 Å². The second kappa shape index (κ2) is 9.74. The fourth-order valence-electron chi connectivity index (χ4n) is 5.20. The summed E-state index contributed by atoms with van der Waals surface area (Å²) in [6, 6.07) is 19.3. The van der Waals surface area contributed by atoms with E-state index in [2.05, 4.69) is 51.3 Å². The van der Waals surface area contributed by atoms with Gasteiger partial charge in [0.2, 0.25) is 5.91 Å². The molecular formula is C27H29N5O3. The van der Waals surface area contributed by atoms with Gasteiger partial charge < -0.3 is 15.1 Å². The number of hydrogen-bond acceptors (Lipinski definition) is 6. The number of nitrogens with zero attached hydrogens (tertiary/aromatic N) is 4. The first-order chi connectivity index (χ1) is 17.0. The number of hydrogen-bond donors (Lipinski definition) is 1. The first-order valence-electron chi connectivity index (χ1n) is 12.0. The highest BCUT2D eigenvalue weighted by atomic mass is 16.6. The lowest BCUT2D eigenvalue weighted by molar-refractivity contribution is -0.384. The Hall–Kier alpha value is -3.94. The van der Waals surface area contributed by atoms with Crippen molar-refractivity contribution in [2.24, 2.45) is 5.92 Å². The molecule has 2 atom stereocenters. The highest BCUT2D eigenvalue weighted by Crippen LogP contribution is 2.38. The van der Waals surface area contributed by atoms with Gasteiger partial charge in [0.25, 0.3) is 5.69 Å². The number of carbonyl (C=O) groups is 1. The molecule has 0 spiro atoms. The number of amides is 1. The van der Waals surface area contributed by atoms with Crippen molar-refractivity contribution in [3.63, 3.8) is 0 Å². The number of pyridine rings is 1. The van der Waals surface area contributed by atoms with Crippen LogP contribution in [-0.2, 0) is 17.6 Å². The van der Waals surface area contributed by atoms with Gasteiger partial charge in [0.1, 0.15) is 0 Å². The molecule has 35 heavy (non-hydrogen) atoms. The second-order valence-electron chi connectivity index (χ2n) is 9.29. The Bertz CT molecular complexity index is 1220. The van der Waals surface area contributed by atoms with Crippen LogP contribution in [0.2, 0.25) is 0 Å². The van der Waals surface area contributed by atoms with E-state index in [1.807, 2.05) is 24.3 Å². The maximum atomic E-state index is 13.4. The molecule has 3 aromatic rings. The van der Waals surface area contributed by atoms with E-state index < -0.39 is 0 Å². The predicted molar refractivity (Wildman–Crippen MR) is 136 cm³/mol. The summed E-state index contributed by atoms with van der Waals surface area (Å²) in [5.74, 6) is -0.319. The van der Waals surface area contributed by atoms with E-state index in [-0.39, 0.29) is 28.5 Å². The Morgan fingerprint density at radius 3 is 2.71 bits per heavy atom. The Balaban J connectivity index is 1.39. The quantitative estimate of drug-likeness (QED) is 0.437. The van der Waals surface area contributed by atoms with Gasteiger partial charge in [0.05, 0.1) is 16.9 Å². The lowest BCUT2D eigenvalue weighted by Crippen LogP contribution is -2.61. The molecule has 2 unspecified atom stereocenters. The first-order valence-corrected chi connectivity index (χ1v) is 12.0. The van der Waals surface area contributed by atoms with Gasteiger partial charge in [0.15, 0.2) is 0 Å². The van der Waals surface area contributed by atoms with Gasteiger partial charge in [-0.15, -0.1) is 0 Å². The molecule has 0 radical (unpaired) electrons. The third kappa shape index (κ3) is 4.82. The maximum absolute atomic E-state index is 13.4. The van der Waals surface area contributed by atoms with E-state index in [0.717, 1.165) is 42.3 Å². The van der Waals surface area contributed by atoms with E-state index in [1.165, 1.54) is 5.56 Å². The second-order valence-corrected chi connectivity index (χ2v) is 9.29. The Morgan fingerprint density at radius 1 is 1.14 bits per heavy atom. The molecule has 2 aliphatic heterocycles. The summed E-state index contributed by atoms with van der Waals surface area (Å²) in [5, 5.41) is 14.5. The Labute approximate surface area is 204 Å². The van der Waals surface area contributed by atoms with Crippen LogP contribution in [0.4, 0.5) is 17.1 Å². The lowest BCUT2D eigenvalue weighted by atomic mass is 9.83. The molecule has 0 bridgehead atoms. The molecule has 0 aliphatic carbocycles. The molecule has 1 saturated heterocycles. The van der Waals surface area contributed by atoms with E-state index in [0.29, 0.717) is 19.4 Å². The van der Waals surface area contributed by atoms with Crippen molar-refractivity contribution < 1.29 is 9.72 Å². The molecule has 0 saturated carbocycles. The maximum Gasteiger partial charge on any atom is 0.269 e. The van der Waals surface area contributed by atoms with Gasteiger partial charge >= 0.3 is 0 Å². The van der Waals surface area contributed by atoms with Gasteiger partial charge in [-0.25, -0.2) is 0 Å². The number of nitro groups is 1. The zero-order valence-electron chi connectivity index (χ0n) is 19.8. The molecule has 5 rings (SSSR count). The number of carbonyl (C=O) groups excluding carboxylic acids is 1. The molecule has 8 heteroatoms. The van der Waals surface area contributed by atoms with Crippen molar-refractivity contribution in [2.45, 2.75) is 25.8 Å². The highest BCUT2D eigenvalue weighted by Gasteiger charge is 2.42. The van der Waals surface area contributed by atoms with Gasteiger partial charge in [-0.3, -0.25) is 19.9 Å². The molecule has 1 N–H and O–H groups in total. The van der Waals surface area contributed by atoms with Crippen LogP contribution in [0.1, 0.15) is 16.8 Å². The van der Waals surface area contributed by atoms with Crippen LogP contribution in [-0.4, -0.2) is 48.0 Å². The molecule has 1 amide bonds. The monoisotopic (exact) mass is 471 g/mol. The predicted octanol–water partition coefficient (Wildman–Crippen LogP) is 3.52. The average molecular weight is 472 g/mol. The third-order valence-corrected chi connectivity index (χ3v) is 7.05. The van der Waals surface area contributed by atoms with Gasteiger partial charge in [-0.1, -0.05) is 23.8 Å². The Kier molecular flexibility index (Phi) is 6.35. The molecule has 2 aromatic carbocycles. The summed E-state index contributed by atoms with van der Waals surface area (Å²) in [5.41, 5.74) is 5.23. The van der Waals surface area contributed by atoms with Crippen LogP contribution >= 0.6 is 0 Å². The van der Waals surface area contributed by atoms with Crippen LogP contribution in [0, 0.1) is 23.0 Å². The largest absolute Gasteiger partial charge is 0.368 e. The first kappa shape index (κ1) is 22.8. The molecule has 2 aliphatic rings. The van der Waals surface area contributed by atoms with Crippen LogP contribution in [0.3, 0.4) is 0 Å². The fourth-order valence-corrected chi connectivity index (χ4v) is 5.20.